The Morgan fingerprint density at radius 3 is 2.50 bits per heavy atom. The van der Waals surface area contributed by atoms with Gasteiger partial charge >= 0.3 is 5.97 Å². The monoisotopic (exact) mass is 385 g/mol. The summed E-state index contributed by atoms with van der Waals surface area (Å²) >= 11 is 0. The maximum absolute atomic E-state index is 14.1. The van der Waals surface area contributed by atoms with Crippen LogP contribution in [0.25, 0.3) is 0 Å². The highest BCUT2D eigenvalue weighted by Gasteiger charge is 2.48. The Morgan fingerprint density at radius 1 is 1.27 bits per heavy atom. The van der Waals surface area contributed by atoms with E-state index in [2.05, 4.69) is 4.98 Å². The number of aromatic nitrogens is 1. The number of piperidine rings is 1. The second kappa shape index (κ2) is 6.92. The van der Waals surface area contributed by atoms with Gasteiger partial charge in [-0.3, -0.25) is 9.78 Å². The number of alkyl halides is 1. The topological polar surface area (TPSA) is 108 Å². The smallest absolute Gasteiger partial charge is 0.343 e. The normalized spacial score (nSPS) is 25.3. The Morgan fingerprint density at radius 2 is 1.96 bits per heavy atom. The highest BCUT2D eigenvalue weighted by Crippen LogP contribution is 2.30. The lowest BCUT2D eigenvalue weighted by molar-refractivity contribution is -0.150. The summed E-state index contributed by atoms with van der Waals surface area (Å²) in [6.45, 7) is -0.0203. The van der Waals surface area contributed by atoms with E-state index < -0.39 is 34.1 Å². The second-order valence-electron chi connectivity index (χ2n) is 6.65. The zero-order chi connectivity index (χ0) is 18.9. The number of carbonyl (C=O) groups is 2. The van der Waals surface area contributed by atoms with Gasteiger partial charge in [0.15, 0.2) is 0 Å². The van der Waals surface area contributed by atoms with Gasteiger partial charge in [-0.2, -0.15) is 4.31 Å². The van der Waals surface area contributed by atoms with Crippen LogP contribution in [0.3, 0.4) is 0 Å². The molecule has 3 rings (SSSR count). The lowest BCUT2D eigenvalue weighted by Crippen LogP contribution is -2.45. The number of carbonyl (C=O) groups excluding carboxylic acids is 1. The standard InChI is InChI=1S/C16H20FN3O5S/c17-16(15(22)23)5-9-19(11-16)14(21)12-3-7-20(8-4-12)26(24,25)13-2-1-6-18-10-13/h1-2,6,10,12H,3-5,7-9,11H2,(H,22,23). The molecule has 0 saturated carbocycles. The molecule has 2 fully saturated rings. The number of carboxylic acid groups (broad SMARTS) is 1. The molecule has 1 unspecified atom stereocenters. The first-order chi connectivity index (χ1) is 12.2. The SMILES string of the molecule is O=C(C1CCN(S(=O)(=O)c2cccnc2)CC1)N1CCC(F)(C(=O)O)C1. The molecule has 142 valence electrons. The van der Waals surface area contributed by atoms with Crippen molar-refractivity contribution in [2.24, 2.45) is 5.92 Å². The van der Waals surface area contributed by atoms with Crippen LogP contribution >= 0.6 is 0 Å². The van der Waals surface area contributed by atoms with E-state index in [1.165, 1.54) is 27.7 Å². The Labute approximate surface area is 150 Å². The molecule has 3 heterocycles. The van der Waals surface area contributed by atoms with Crippen LogP contribution in [-0.4, -0.2) is 71.4 Å². The first kappa shape index (κ1) is 18.7. The molecule has 1 atom stereocenters. The number of nitrogens with zero attached hydrogens (tertiary/aromatic N) is 3. The van der Waals surface area contributed by atoms with Crippen LogP contribution in [0.2, 0.25) is 0 Å². The molecule has 0 aliphatic carbocycles. The van der Waals surface area contributed by atoms with Gasteiger partial charge in [0.2, 0.25) is 21.6 Å². The van der Waals surface area contributed by atoms with Crippen LogP contribution in [0, 0.1) is 5.92 Å². The molecule has 2 aliphatic rings. The number of rotatable bonds is 4. The minimum atomic E-state index is -3.65. The Kier molecular flexibility index (Phi) is 4.98. The van der Waals surface area contributed by atoms with Crippen molar-refractivity contribution in [2.45, 2.75) is 29.8 Å². The maximum Gasteiger partial charge on any atom is 0.343 e. The summed E-state index contributed by atoms with van der Waals surface area (Å²) < 4.78 is 40.6. The molecular formula is C16H20FN3O5S. The Bertz CT molecular complexity index is 795. The molecule has 10 heteroatoms. The van der Waals surface area contributed by atoms with Crippen molar-refractivity contribution < 1.29 is 27.5 Å². The summed E-state index contributed by atoms with van der Waals surface area (Å²) in [7, 11) is -3.65. The van der Waals surface area contributed by atoms with Gasteiger partial charge in [0.05, 0.1) is 6.54 Å². The van der Waals surface area contributed by atoms with Gasteiger partial charge < -0.3 is 10.0 Å². The van der Waals surface area contributed by atoms with Crippen LogP contribution in [0.5, 0.6) is 0 Å². The number of pyridine rings is 1. The van der Waals surface area contributed by atoms with E-state index in [-0.39, 0.29) is 36.9 Å². The van der Waals surface area contributed by atoms with Crippen molar-refractivity contribution in [3.63, 3.8) is 0 Å². The molecule has 26 heavy (non-hydrogen) atoms. The molecule has 2 saturated heterocycles. The fourth-order valence-corrected chi connectivity index (χ4v) is 4.82. The van der Waals surface area contributed by atoms with Crippen LogP contribution in [0.1, 0.15) is 19.3 Å². The van der Waals surface area contributed by atoms with E-state index >= 15 is 0 Å². The Hall–Kier alpha value is -2.07. The van der Waals surface area contributed by atoms with Crippen LogP contribution < -0.4 is 0 Å². The summed E-state index contributed by atoms with van der Waals surface area (Å²) in [5.41, 5.74) is -2.39. The van der Waals surface area contributed by atoms with Gasteiger partial charge in [-0.25, -0.2) is 17.6 Å². The molecule has 1 aromatic rings. The van der Waals surface area contributed by atoms with E-state index in [9.17, 15) is 22.4 Å². The van der Waals surface area contributed by atoms with Crippen molar-refractivity contribution in [3.8, 4) is 0 Å². The van der Waals surface area contributed by atoms with Crippen molar-refractivity contribution >= 4 is 21.9 Å². The fourth-order valence-electron chi connectivity index (χ4n) is 3.39. The van der Waals surface area contributed by atoms with E-state index in [4.69, 9.17) is 5.11 Å². The highest BCUT2D eigenvalue weighted by molar-refractivity contribution is 7.89. The number of aliphatic carboxylic acids is 1. The fraction of sp³-hybridized carbons (Fsp3) is 0.562. The molecule has 1 aromatic heterocycles. The minimum Gasteiger partial charge on any atom is -0.479 e. The first-order valence-corrected chi connectivity index (χ1v) is 9.79. The lowest BCUT2D eigenvalue weighted by Gasteiger charge is -2.32. The average Bonchev–Trinajstić information content (AvgIpc) is 3.06. The van der Waals surface area contributed by atoms with Gasteiger partial charge in [0.1, 0.15) is 4.90 Å². The summed E-state index contributed by atoms with van der Waals surface area (Å²) in [5.74, 6) is -2.28. The van der Waals surface area contributed by atoms with E-state index in [1.54, 1.807) is 6.07 Å². The molecule has 0 spiro atoms. The lowest BCUT2D eigenvalue weighted by atomic mass is 9.96. The number of amides is 1. The minimum absolute atomic E-state index is 0.0653. The average molecular weight is 385 g/mol. The largest absolute Gasteiger partial charge is 0.479 e. The molecule has 8 nitrogen and oxygen atoms in total. The summed E-state index contributed by atoms with van der Waals surface area (Å²) in [5, 5.41) is 8.92. The van der Waals surface area contributed by atoms with Gasteiger partial charge in [-0.05, 0) is 25.0 Å². The molecule has 0 radical (unpaired) electrons. The number of carboxylic acids is 1. The quantitative estimate of drug-likeness (QED) is 0.809. The first-order valence-electron chi connectivity index (χ1n) is 8.35. The highest BCUT2D eigenvalue weighted by atomic mass is 32.2. The third-order valence-electron chi connectivity index (χ3n) is 4.99. The van der Waals surface area contributed by atoms with Crippen molar-refractivity contribution in [2.75, 3.05) is 26.2 Å². The molecule has 0 aromatic carbocycles. The number of sulfonamides is 1. The number of likely N-dealkylation sites (tertiary alicyclic amines) is 1. The second-order valence-corrected chi connectivity index (χ2v) is 8.59. The van der Waals surface area contributed by atoms with Gasteiger partial charge in [0, 0.05) is 44.4 Å². The van der Waals surface area contributed by atoms with Crippen molar-refractivity contribution in [3.05, 3.63) is 24.5 Å². The zero-order valence-electron chi connectivity index (χ0n) is 14.0. The predicted molar refractivity (Wildman–Crippen MR) is 88.4 cm³/mol. The van der Waals surface area contributed by atoms with Crippen LogP contribution in [-0.2, 0) is 19.6 Å². The molecule has 1 N–H and O–H groups in total. The summed E-state index contributed by atoms with van der Waals surface area (Å²) in [6.07, 6.45) is 3.19. The molecular weight excluding hydrogens is 365 g/mol. The third-order valence-corrected chi connectivity index (χ3v) is 6.87. The molecule has 1 amide bonds. The maximum atomic E-state index is 14.1. The van der Waals surface area contributed by atoms with E-state index in [0.717, 1.165) is 0 Å². The molecule has 0 bridgehead atoms. The number of hydrogen-bond acceptors (Lipinski definition) is 5. The third kappa shape index (κ3) is 3.43. The van der Waals surface area contributed by atoms with Gasteiger partial charge in [-0.1, -0.05) is 0 Å². The summed E-state index contributed by atoms with van der Waals surface area (Å²) in [4.78, 5) is 28.7. The Balaban J connectivity index is 1.61. The zero-order valence-corrected chi connectivity index (χ0v) is 14.9. The van der Waals surface area contributed by atoms with Crippen LogP contribution in [0.4, 0.5) is 4.39 Å². The van der Waals surface area contributed by atoms with Crippen molar-refractivity contribution in [1.29, 1.82) is 0 Å². The van der Waals surface area contributed by atoms with Gasteiger partial charge in [0.25, 0.3) is 0 Å². The van der Waals surface area contributed by atoms with E-state index in [1.807, 2.05) is 0 Å². The van der Waals surface area contributed by atoms with Gasteiger partial charge in [-0.15, -0.1) is 0 Å². The predicted octanol–water partition coefficient (Wildman–Crippen LogP) is 0.508. The number of halogens is 1. The van der Waals surface area contributed by atoms with Crippen molar-refractivity contribution in [1.82, 2.24) is 14.2 Å². The van der Waals surface area contributed by atoms with E-state index in [0.29, 0.717) is 12.8 Å². The summed E-state index contributed by atoms with van der Waals surface area (Å²) in [6, 6.07) is 3.01. The van der Waals surface area contributed by atoms with Crippen LogP contribution in [0.15, 0.2) is 29.4 Å². The number of hydrogen-bond donors (Lipinski definition) is 1. The molecule has 2 aliphatic heterocycles.